The van der Waals surface area contributed by atoms with Gasteiger partial charge >= 0.3 is 5.97 Å². The van der Waals surface area contributed by atoms with Gasteiger partial charge in [-0.05, 0) is 30.6 Å². The van der Waals surface area contributed by atoms with E-state index in [0.717, 1.165) is 5.75 Å². The zero-order chi connectivity index (χ0) is 16.8. The van der Waals surface area contributed by atoms with Gasteiger partial charge in [0, 0.05) is 17.1 Å². The van der Waals surface area contributed by atoms with Crippen molar-refractivity contribution in [2.45, 2.75) is 12.5 Å². The average Bonchev–Trinajstić information content (AvgIpc) is 2.57. The Labute approximate surface area is 138 Å². The van der Waals surface area contributed by atoms with Crippen LogP contribution in [0.1, 0.15) is 6.42 Å². The fourth-order valence-corrected chi connectivity index (χ4v) is 2.85. The molecule has 122 valence electrons. The molecule has 0 spiro atoms. The summed E-state index contributed by atoms with van der Waals surface area (Å²) >= 11 is 1.64. The first-order valence-electron chi connectivity index (χ1n) is 7.08. The molecule has 0 radical (unpaired) electrons. The Morgan fingerprint density at radius 2 is 2.00 bits per heavy atom. The van der Waals surface area contributed by atoms with Crippen LogP contribution in [-0.2, 0) is 9.53 Å². The number of thioether (sulfide) groups is 1. The van der Waals surface area contributed by atoms with E-state index in [0.29, 0.717) is 22.9 Å². The summed E-state index contributed by atoms with van der Waals surface area (Å²) in [6.45, 7) is 0. The second-order valence-corrected chi connectivity index (χ2v) is 5.92. The van der Waals surface area contributed by atoms with E-state index in [4.69, 9.17) is 4.74 Å². The molecule has 0 saturated heterocycles. The molecule has 0 heterocycles. The number of hydrogen-bond acceptors (Lipinski definition) is 6. The van der Waals surface area contributed by atoms with E-state index in [1.54, 1.807) is 36.0 Å². The number of carbonyl (C=O) groups is 1. The molecule has 0 aliphatic carbocycles. The van der Waals surface area contributed by atoms with E-state index in [-0.39, 0.29) is 11.7 Å². The number of benzene rings is 2. The van der Waals surface area contributed by atoms with Gasteiger partial charge in [-0.1, -0.05) is 18.2 Å². The molecule has 23 heavy (non-hydrogen) atoms. The van der Waals surface area contributed by atoms with Crippen LogP contribution in [0.4, 0.5) is 11.4 Å². The fourth-order valence-electron chi connectivity index (χ4n) is 2.38. The van der Waals surface area contributed by atoms with Crippen LogP contribution < -0.4 is 5.32 Å². The minimum atomic E-state index is -0.489. The molecule has 2 aromatic carbocycles. The van der Waals surface area contributed by atoms with Gasteiger partial charge in [0.1, 0.15) is 6.04 Å². The number of esters is 1. The number of anilines is 1. The topological polar surface area (TPSA) is 81.5 Å². The molecule has 0 aliphatic rings. The Balaban J connectivity index is 2.40. The molecule has 2 rings (SSSR count). The van der Waals surface area contributed by atoms with Crippen LogP contribution in [0.5, 0.6) is 0 Å². The SMILES string of the molecule is COC(=O)C(CCSC)Nc1ccc([N+](=O)[O-])c2ccccc12. The summed E-state index contributed by atoms with van der Waals surface area (Å²) in [6.07, 6.45) is 2.58. The number of non-ortho nitro benzene ring substituents is 1. The van der Waals surface area contributed by atoms with E-state index in [1.165, 1.54) is 13.2 Å². The summed E-state index contributed by atoms with van der Waals surface area (Å²) in [7, 11) is 1.35. The summed E-state index contributed by atoms with van der Waals surface area (Å²) in [6, 6.07) is 9.67. The number of nitrogens with zero attached hydrogens (tertiary/aromatic N) is 1. The molecular formula is C16H18N2O4S. The van der Waals surface area contributed by atoms with Crippen molar-refractivity contribution in [2.75, 3.05) is 24.4 Å². The molecule has 0 fully saturated rings. The van der Waals surface area contributed by atoms with Gasteiger partial charge in [-0.2, -0.15) is 11.8 Å². The highest BCUT2D eigenvalue weighted by molar-refractivity contribution is 7.98. The summed E-state index contributed by atoms with van der Waals surface area (Å²) in [5.74, 6) is 0.457. The van der Waals surface area contributed by atoms with Crippen LogP contribution in [0.3, 0.4) is 0 Å². The second kappa shape index (κ2) is 7.82. The van der Waals surface area contributed by atoms with Crippen LogP contribution in [0.15, 0.2) is 36.4 Å². The second-order valence-electron chi connectivity index (χ2n) is 4.94. The lowest BCUT2D eigenvalue weighted by atomic mass is 10.1. The molecule has 1 atom stereocenters. The van der Waals surface area contributed by atoms with Gasteiger partial charge in [-0.3, -0.25) is 10.1 Å². The maximum absolute atomic E-state index is 11.9. The maximum atomic E-state index is 11.9. The third kappa shape index (κ3) is 3.92. The number of methoxy groups -OCH3 is 1. The summed E-state index contributed by atoms with van der Waals surface area (Å²) in [4.78, 5) is 22.7. The molecule has 0 saturated carbocycles. The van der Waals surface area contributed by atoms with Gasteiger partial charge in [-0.15, -0.1) is 0 Å². The zero-order valence-corrected chi connectivity index (χ0v) is 13.8. The number of ether oxygens (including phenoxy) is 1. The first-order valence-corrected chi connectivity index (χ1v) is 8.47. The standard InChI is InChI=1S/C16H18N2O4S/c1-22-16(19)14(9-10-23-2)17-13-7-8-15(18(20)21)12-6-4-3-5-11(12)13/h3-8,14,17H,9-10H2,1-2H3. The first-order chi connectivity index (χ1) is 11.1. The Hall–Kier alpha value is -2.28. The van der Waals surface area contributed by atoms with Gasteiger partial charge in [0.05, 0.1) is 17.4 Å². The molecule has 1 N–H and O–H groups in total. The average molecular weight is 334 g/mol. The van der Waals surface area contributed by atoms with Gasteiger partial charge in [0.25, 0.3) is 5.69 Å². The lowest BCUT2D eigenvalue weighted by Crippen LogP contribution is -2.31. The lowest BCUT2D eigenvalue weighted by molar-refractivity contribution is -0.383. The largest absolute Gasteiger partial charge is 0.467 e. The normalized spacial score (nSPS) is 11.9. The fraction of sp³-hybridized carbons (Fsp3) is 0.312. The van der Waals surface area contributed by atoms with E-state index in [2.05, 4.69) is 5.32 Å². The number of hydrogen-bond donors (Lipinski definition) is 1. The molecule has 6 nitrogen and oxygen atoms in total. The molecule has 1 unspecified atom stereocenters. The van der Waals surface area contributed by atoms with E-state index in [1.807, 2.05) is 12.3 Å². The molecule has 2 aromatic rings. The highest BCUT2D eigenvalue weighted by Gasteiger charge is 2.21. The zero-order valence-electron chi connectivity index (χ0n) is 12.9. The summed E-state index contributed by atoms with van der Waals surface area (Å²) < 4.78 is 4.84. The maximum Gasteiger partial charge on any atom is 0.328 e. The predicted octanol–water partition coefficient (Wildman–Crippen LogP) is 3.45. The first kappa shape index (κ1) is 17.1. The van der Waals surface area contributed by atoms with E-state index >= 15 is 0 Å². The van der Waals surface area contributed by atoms with Gasteiger partial charge in [0.2, 0.25) is 0 Å². The Morgan fingerprint density at radius 1 is 1.30 bits per heavy atom. The highest BCUT2D eigenvalue weighted by Crippen LogP contribution is 2.31. The van der Waals surface area contributed by atoms with Crippen molar-refractivity contribution in [3.63, 3.8) is 0 Å². The number of carbonyl (C=O) groups excluding carboxylic acids is 1. The molecule has 0 amide bonds. The molecular weight excluding hydrogens is 316 g/mol. The van der Waals surface area contributed by atoms with Crippen molar-refractivity contribution in [1.29, 1.82) is 0 Å². The number of rotatable bonds is 7. The van der Waals surface area contributed by atoms with E-state index < -0.39 is 11.0 Å². The number of nitro groups is 1. The van der Waals surface area contributed by atoms with Crippen LogP contribution in [0.2, 0.25) is 0 Å². The predicted molar refractivity (Wildman–Crippen MR) is 93.0 cm³/mol. The van der Waals surface area contributed by atoms with Crippen LogP contribution >= 0.6 is 11.8 Å². The Bertz CT molecular complexity index is 720. The van der Waals surface area contributed by atoms with Crippen LogP contribution in [0, 0.1) is 10.1 Å². The van der Waals surface area contributed by atoms with Crippen molar-refractivity contribution < 1.29 is 14.5 Å². The Kier molecular flexibility index (Phi) is 5.81. The molecule has 0 aromatic heterocycles. The van der Waals surface area contributed by atoms with Crippen LogP contribution in [-0.4, -0.2) is 36.1 Å². The minimum absolute atomic E-state index is 0.0462. The van der Waals surface area contributed by atoms with Crippen LogP contribution in [0.25, 0.3) is 10.8 Å². The summed E-state index contributed by atoms with van der Waals surface area (Å²) in [5, 5.41) is 15.6. The van der Waals surface area contributed by atoms with Crippen molar-refractivity contribution in [3.05, 3.63) is 46.5 Å². The molecule has 0 bridgehead atoms. The number of nitrogens with one attached hydrogen (secondary N) is 1. The molecule has 0 aliphatic heterocycles. The van der Waals surface area contributed by atoms with Gasteiger partial charge in [-0.25, -0.2) is 4.79 Å². The van der Waals surface area contributed by atoms with Gasteiger partial charge in [0.15, 0.2) is 0 Å². The van der Waals surface area contributed by atoms with Gasteiger partial charge < -0.3 is 10.1 Å². The smallest absolute Gasteiger partial charge is 0.328 e. The monoisotopic (exact) mass is 334 g/mol. The highest BCUT2D eigenvalue weighted by atomic mass is 32.2. The quantitative estimate of drug-likeness (QED) is 0.474. The lowest BCUT2D eigenvalue weighted by Gasteiger charge is -2.18. The number of fused-ring (bicyclic) bond motifs is 1. The van der Waals surface area contributed by atoms with Crippen molar-refractivity contribution in [2.24, 2.45) is 0 Å². The summed E-state index contributed by atoms with van der Waals surface area (Å²) in [5.41, 5.74) is 0.729. The molecule has 7 heteroatoms. The van der Waals surface area contributed by atoms with Crippen molar-refractivity contribution in [1.82, 2.24) is 0 Å². The Morgan fingerprint density at radius 3 is 2.61 bits per heavy atom. The third-order valence-electron chi connectivity index (χ3n) is 3.52. The number of nitro benzene ring substituents is 1. The third-order valence-corrected chi connectivity index (χ3v) is 4.17. The van der Waals surface area contributed by atoms with Crippen molar-refractivity contribution in [3.8, 4) is 0 Å². The van der Waals surface area contributed by atoms with E-state index in [9.17, 15) is 14.9 Å². The minimum Gasteiger partial charge on any atom is -0.467 e. The van der Waals surface area contributed by atoms with Crippen molar-refractivity contribution >= 4 is 39.9 Å².